The van der Waals surface area contributed by atoms with Crippen LogP contribution in [-0.2, 0) is 4.79 Å². The molecule has 3 N–H and O–H groups in total. The monoisotopic (exact) mass is 334 g/mol. The zero-order valence-electron chi connectivity index (χ0n) is 10.8. The van der Waals surface area contributed by atoms with Gasteiger partial charge in [0.25, 0.3) is 0 Å². The number of hydrogen-bond acceptors (Lipinski definition) is 4. The van der Waals surface area contributed by atoms with Crippen molar-refractivity contribution in [3.8, 4) is 0 Å². The van der Waals surface area contributed by atoms with Gasteiger partial charge in [-0.2, -0.15) is 0 Å². The highest BCUT2D eigenvalue weighted by atomic mass is 79.9. The second-order valence-corrected chi connectivity index (χ2v) is 5.14. The summed E-state index contributed by atoms with van der Waals surface area (Å²) in [5.41, 5.74) is 7.07. The fraction of sp³-hybridized carbons (Fsp3) is 0.214. The number of rotatable bonds is 5. The highest BCUT2D eigenvalue weighted by molar-refractivity contribution is 9.10. The summed E-state index contributed by atoms with van der Waals surface area (Å²) < 4.78 is 0.626. The number of halogens is 1. The molecule has 2 rings (SSSR count). The Morgan fingerprint density at radius 3 is 2.65 bits per heavy atom. The molecule has 1 aromatic heterocycles. The van der Waals surface area contributed by atoms with Gasteiger partial charge in [0.15, 0.2) is 5.82 Å². The van der Waals surface area contributed by atoms with Crippen LogP contribution in [0.5, 0.6) is 0 Å². The molecule has 0 saturated carbocycles. The first-order chi connectivity index (χ1) is 9.65. The smallest absolute Gasteiger partial charge is 0.225 e. The van der Waals surface area contributed by atoms with Crippen molar-refractivity contribution < 1.29 is 4.79 Å². The molecule has 1 amide bonds. The topological polar surface area (TPSA) is 80.9 Å². The van der Waals surface area contributed by atoms with Crippen LogP contribution in [0.2, 0.25) is 0 Å². The number of nitrogens with two attached hydrogens (primary N) is 1. The van der Waals surface area contributed by atoms with Crippen LogP contribution in [0.25, 0.3) is 0 Å². The molecule has 1 unspecified atom stereocenters. The van der Waals surface area contributed by atoms with Gasteiger partial charge in [0.2, 0.25) is 5.91 Å². The first-order valence-electron chi connectivity index (χ1n) is 6.23. The molecule has 0 fully saturated rings. The van der Waals surface area contributed by atoms with E-state index >= 15 is 0 Å². The lowest BCUT2D eigenvalue weighted by atomic mass is 10.0. The molecule has 0 spiro atoms. The Labute approximate surface area is 125 Å². The number of hydrogen-bond donors (Lipinski definition) is 2. The maximum absolute atomic E-state index is 11.8. The van der Waals surface area contributed by atoms with Crippen molar-refractivity contribution in [3.63, 3.8) is 0 Å². The lowest BCUT2D eigenvalue weighted by Crippen LogP contribution is -2.17. The van der Waals surface area contributed by atoms with Crippen LogP contribution in [0.4, 0.5) is 5.82 Å². The standard InChI is InChI=1S/C14H15BrN4O/c15-12-8-18-13(9-17-12)19-14(20)7-6-11(16)10-4-2-1-3-5-10/h1-5,8-9,11H,6-7,16H2,(H,18,19,20). The van der Waals surface area contributed by atoms with E-state index < -0.39 is 0 Å². The van der Waals surface area contributed by atoms with Crippen molar-refractivity contribution in [2.24, 2.45) is 5.73 Å². The normalized spacial score (nSPS) is 11.9. The van der Waals surface area contributed by atoms with Crippen molar-refractivity contribution in [3.05, 3.63) is 52.9 Å². The van der Waals surface area contributed by atoms with Gasteiger partial charge in [-0.3, -0.25) is 4.79 Å². The summed E-state index contributed by atoms with van der Waals surface area (Å²) in [7, 11) is 0. The highest BCUT2D eigenvalue weighted by Gasteiger charge is 2.09. The molecule has 1 atom stereocenters. The molecule has 0 saturated heterocycles. The molecule has 0 bridgehead atoms. The predicted molar refractivity (Wildman–Crippen MR) is 81.0 cm³/mol. The SMILES string of the molecule is NC(CCC(=O)Nc1cnc(Br)cn1)c1ccccc1. The molecule has 0 aliphatic rings. The van der Waals surface area contributed by atoms with Crippen LogP contribution in [0.1, 0.15) is 24.4 Å². The first kappa shape index (κ1) is 14.6. The molecule has 0 aliphatic heterocycles. The molecule has 0 radical (unpaired) electrons. The largest absolute Gasteiger partial charge is 0.324 e. The summed E-state index contributed by atoms with van der Waals surface area (Å²) in [4.78, 5) is 19.8. The minimum Gasteiger partial charge on any atom is -0.324 e. The Morgan fingerprint density at radius 2 is 2.00 bits per heavy atom. The van der Waals surface area contributed by atoms with Gasteiger partial charge in [-0.15, -0.1) is 0 Å². The average molecular weight is 335 g/mol. The zero-order valence-corrected chi connectivity index (χ0v) is 12.4. The van der Waals surface area contributed by atoms with Crippen molar-refractivity contribution in [1.82, 2.24) is 9.97 Å². The van der Waals surface area contributed by atoms with Gasteiger partial charge in [0, 0.05) is 12.5 Å². The predicted octanol–water partition coefficient (Wildman–Crippen LogP) is 2.66. The van der Waals surface area contributed by atoms with E-state index in [0.29, 0.717) is 23.3 Å². The summed E-state index contributed by atoms with van der Waals surface area (Å²) in [6, 6.07) is 9.60. The quantitative estimate of drug-likeness (QED) is 0.880. The van der Waals surface area contributed by atoms with Crippen LogP contribution < -0.4 is 11.1 Å². The second-order valence-electron chi connectivity index (χ2n) is 4.33. The third-order valence-electron chi connectivity index (χ3n) is 2.80. The van der Waals surface area contributed by atoms with Crippen LogP contribution >= 0.6 is 15.9 Å². The maximum atomic E-state index is 11.8. The molecule has 1 aromatic carbocycles. The van der Waals surface area contributed by atoms with E-state index in [0.717, 1.165) is 5.56 Å². The molecule has 20 heavy (non-hydrogen) atoms. The molecule has 5 nitrogen and oxygen atoms in total. The van der Waals surface area contributed by atoms with E-state index in [1.54, 1.807) is 0 Å². The minimum absolute atomic E-state index is 0.118. The summed E-state index contributed by atoms with van der Waals surface area (Å²) >= 11 is 3.18. The van der Waals surface area contributed by atoms with Gasteiger partial charge >= 0.3 is 0 Å². The van der Waals surface area contributed by atoms with E-state index in [1.165, 1.54) is 12.4 Å². The van der Waals surface area contributed by atoms with Gasteiger partial charge in [-0.1, -0.05) is 30.3 Å². The van der Waals surface area contributed by atoms with Crippen molar-refractivity contribution in [1.29, 1.82) is 0 Å². The molecular formula is C14H15BrN4O. The van der Waals surface area contributed by atoms with Gasteiger partial charge in [0.05, 0.1) is 12.4 Å². The van der Waals surface area contributed by atoms with Gasteiger partial charge in [-0.05, 0) is 27.9 Å². The van der Waals surface area contributed by atoms with Gasteiger partial charge in [-0.25, -0.2) is 9.97 Å². The highest BCUT2D eigenvalue weighted by Crippen LogP contribution is 2.15. The van der Waals surface area contributed by atoms with E-state index in [1.807, 2.05) is 30.3 Å². The van der Waals surface area contributed by atoms with Gasteiger partial charge in [0.1, 0.15) is 4.60 Å². The van der Waals surface area contributed by atoms with Crippen molar-refractivity contribution in [2.45, 2.75) is 18.9 Å². The van der Waals surface area contributed by atoms with E-state index in [2.05, 4.69) is 31.2 Å². The van der Waals surface area contributed by atoms with Crippen molar-refractivity contribution >= 4 is 27.7 Å². The summed E-state index contributed by atoms with van der Waals surface area (Å²) in [5.74, 6) is 0.319. The molecule has 6 heteroatoms. The maximum Gasteiger partial charge on any atom is 0.225 e. The molecular weight excluding hydrogens is 320 g/mol. The summed E-state index contributed by atoms with van der Waals surface area (Å²) in [5, 5.41) is 2.69. The lowest BCUT2D eigenvalue weighted by molar-refractivity contribution is -0.116. The van der Waals surface area contributed by atoms with Gasteiger partial charge < -0.3 is 11.1 Å². The molecule has 2 aromatic rings. The Morgan fingerprint density at radius 1 is 1.25 bits per heavy atom. The number of nitrogens with zero attached hydrogens (tertiary/aromatic N) is 2. The van der Waals surface area contributed by atoms with Crippen LogP contribution in [-0.4, -0.2) is 15.9 Å². The number of benzene rings is 1. The van der Waals surface area contributed by atoms with Crippen LogP contribution in [0.3, 0.4) is 0 Å². The van der Waals surface area contributed by atoms with E-state index in [9.17, 15) is 4.79 Å². The third-order valence-corrected chi connectivity index (χ3v) is 3.21. The number of amides is 1. The fourth-order valence-electron chi connectivity index (χ4n) is 1.74. The number of anilines is 1. The Balaban J connectivity index is 1.82. The lowest BCUT2D eigenvalue weighted by Gasteiger charge is -2.11. The molecule has 104 valence electrons. The molecule has 1 heterocycles. The first-order valence-corrected chi connectivity index (χ1v) is 7.02. The zero-order chi connectivity index (χ0) is 14.4. The summed E-state index contributed by atoms with van der Waals surface area (Å²) in [6.45, 7) is 0. The third kappa shape index (κ3) is 4.40. The number of carbonyl (C=O) groups is 1. The second kappa shape index (κ2) is 7.12. The number of aromatic nitrogens is 2. The van der Waals surface area contributed by atoms with Crippen molar-refractivity contribution in [2.75, 3.05) is 5.32 Å². The number of nitrogens with one attached hydrogen (secondary N) is 1. The molecule has 0 aliphatic carbocycles. The minimum atomic E-state index is -0.141. The fourth-order valence-corrected chi connectivity index (χ4v) is 1.94. The van der Waals surface area contributed by atoms with E-state index in [4.69, 9.17) is 5.73 Å². The Kier molecular flexibility index (Phi) is 5.20. The van der Waals surface area contributed by atoms with Crippen LogP contribution in [0, 0.1) is 0 Å². The summed E-state index contributed by atoms with van der Waals surface area (Å²) in [6.07, 6.45) is 3.96. The number of carbonyl (C=O) groups excluding carboxylic acids is 1. The average Bonchev–Trinajstić information content (AvgIpc) is 2.48. The van der Waals surface area contributed by atoms with Crippen LogP contribution in [0.15, 0.2) is 47.3 Å². The Bertz CT molecular complexity index is 559. The van der Waals surface area contributed by atoms with E-state index in [-0.39, 0.29) is 11.9 Å². The Hall–Kier alpha value is -1.79.